The number of aromatic nitrogens is 1. The van der Waals surface area contributed by atoms with Crippen LogP contribution in [0.1, 0.15) is 23.7 Å². The predicted octanol–water partition coefficient (Wildman–Crippen LogP) is 2.74. The Balaban J connectivity index is 2.26. The molecule has 2 rings (SSSR count). The van der Waals surface area contributed by atoms with Crippen LogP contribution >= 0.6 is 0 Å². The Labute approximate surface area is 115 Å². The van der Waals surface area contributed by atoms with Crippen molar-refractivity contribution < 1.29 is 4.74 Å². The van der Waals surface area contributed by atoms with Crippen molar-refractivity contribution in [2.45, 2.75) is 32.9 Å². The van der Waals surface area contributed by atoms with E-state index in [1.54, 1.807) is 7.11 Å². The third kappa shape index (κ3) is 3.38. The van der Waals surface area contributed by atoms with E-state index >= 15 is 0 Å². The molecular weight excluding hydrogens is 236 g/mol. The van der Waals surface area contributed by atoms with Crippen LogP contribution in [0.4, 0.5) is 0 Å². The standard InChI is InChI=1S/C16H22N2O/c1-12-6-7-16(19-3)14(9-12)11-18-8-4-5-15(18)10-13(2)17/h4-9,13H,10-11,17H2,1-3H3. The molecule has 1 atom stereocenters. The van der Waals surface area contributed by atoms with Gasteiger partial charge in [-0.2, -0.15) is 0 Å². The van der Waals surface area contributed by atoms with E-state index in [1.165, 1.54) is 16.8 Å². The van der Waals surface area contributed by atoms with Gasteiger partial charge in [-0.1, -0.05) is 17.7 Å². The van der Waals surface area contributed by atoms with Crippen LogP contribution in [0.15, 0.2) is 36.5 Å². The second-order valence-electron chi connectivity index (χ2n) is 5.12. The lowest BCUT2D eigenvalue weighted by molar-refractivity contribution is 0.408. The molecule has 0 amide bonds. The summed E-state index contributed by atoms with van der Waals surface area (Å²) >= 11 is 0. The third-order valence-corrected chi connectivity index (χ3v) is 3.23. The first-order valence-electron chi connectivity index (χ1n) is 6.63. The number of aryl methyl sites for hydroxylation is 1. The SMILES string of the molecule is COc1ccc(C)cc1Cn1cccc1CC(C)N. The molecule has 0 saturated carbocycles. The van der Waals surface area contributed by atoms with Crippen molar-refractivity contribution in [2.24, 2.45) is 5.73 Å². The summed E-state index contributed by atoms with van der Waals surface area (Å²) in [5, 5.41) is 0. The van der Waals surface area contributed by atoms with Gasteiger partial charge in [0.25, 0.3) is 0 Å². The van der Waals surface area contributed by atoms with E-state index in [0.717, 1.165) is 18.7 Å². The molecule has 1 aromatic heterocycles. The largest absolute Gasteiger partial charge is 0.496 e. The van der Waals surface area contributed by atoms with Crippen LogP contribution in [0.2, 0.25) is 0 Å². The average Bonchev–Trinajstić information content (AvgIpc) is 2.76. The van der Waals surface area contributed by atoms with Gasteiger partial charge in [0.1, 0.15) is 5.75 Å². The Morgan fingerprint density at radius 1 is 1.32 bits per heavy atom. The number of ether oxygens (including phenoxy) is 1. The maximum atomic E-state index is 5.89. The quantitative estimate of drug-likeness (QED) is 0.895. The summed E-state index contributed by atoms with van der Waals surface area (Å²) in [6.45, 7) is 4.95. The molecule has 102 valence electrons. The second-order valence-corrected chi connectivity index (χ2v) is 5.12. The molecule has 2 aromatic rings. The first-order chi connectivity index (χ1) is 9.10. The highest BCUT2D eigenvalue weighted by Crippen LogP contribution is 2.21. The topological polar surface area (TPSA) is 40.2 Å². The van der Waals surface area contributed by atoms with Crippen molar-refractivity contribution in [2.75, 3.05) is 7.11 Å². The summed E-state index contributed by atoms with van der Waals surface area (Å²) in [6, 6.07) is 10.6. The molecule has 0 bridgehead atoms. The van der Waals surface area contributed by atoms with Crippen LogP contribution < -0.4 is 10.5 Å². The molecule has 19 heavy (non-hydrogen) atoms. The summed E-state index contributed by atoms with van der Waals surface area (Å²) in [5.74, 6) is 0.936. The monoisotopic (exact) mass is 258 g/mol. The summed E-state index contributed by atoms with van der Waals surface area (Å²) in [5.41, 5.74) is 9.60. The lowest BCUT2D eigenvalue weighted by Crippen LogP contribution is -2.20. The number of methoxy groups -OCH3 is 1. The fourth-order valence-electron chi connectivity index (χ4n) is 2.33. The van der Waals surface area contributed by atoms with Gasteiger partial charge in [0.05, 0.1) is 13.7 Å². The van der Waals surface area contributed by atoms with Gasteiger partial charge in [-0.15, -0.1) is 0 Å². The molecule has 0 saturated heterocycles. The van der Waals surface area contributed by atoms with Crippen molar-refractivity contribution in [3.05, 3.63) is 53.3 Å². The lowest BCUT2D eigenvalue weighted by atomic mass is 10.1. The minimum atomic E-state index is 0.174. The number of hydrogen-bond donors (Lipinski definition) is 1. The first kappa shape index (κ1) is 13.7. The van der Waals surface area contributed by atoms with Gasteiger partial charge in [-0.3, -0.25) is 0 Å². The first-order valence-corrected chi connectivity index (χ1v) is 6.63. The van der Waals surface area contributed by atoms with E-state index in [9.17, 15) is 0 Å². The second kappa shape index (κ2) is 5.93. The van der Waals surface area contributed by atoms with Crippen molar-refractivity contribution in [1.82, 2.24) is 4.57 Å². The smallest absolute Gasteiger partial charge is 0.123 e. The minimum absolute atomic E-state index is 0.174. The van der Waals surface area contributed by atoms with E-state index in [2.05, 4.69) is 42.0 Å². The van der Waals surface area contributed by atoms with E-state index in [-0.39, 0.29) is 6.04 Å². The molecule has 0 aliphatic heterocycles. The third-order valence-electron chi connectivity index (χ3n) is 3.23. The van der Waals surface area contributed by atoms with Crippen LogP contribution in [0.25, 0.3) is 0 Å². The number of benzene rings is 1. The Morgan fingerprint density at radius 3 is 2.79 bits per heavy atom. The van der Waals surface area contributed by atoms with Gasteiger partial charge in [0, 0.05) is 29.9 Å². The number of hydrogen-bond acceptors (Lipinski definition) is 2. The fourth-order valence-corrected chi connectivity index (χ4v) is 2.33. The van der Waals surface area contributed by atoms with Crippen LogP contribution in [-0.4, -0.2) is 17.7 Å². The van der Waals surface area contributed by atoms with Crippen LogP contribution in [0.5, 0.6) is 5.75 Å². The van der Waals surface area contributed by atoms with Crippen molar-refractivity contribution in [1.29, 1.82) is 0 Å². The molecule has 3 heteroatoms. The normalized spacial score (nSPS) is 12.4. The summed E-state index contributed by atoms with van der Waals surface area (Å²) in [4.78, 5) is 0. The molecule has 0 aliphatic rings. The van der Waals surface area contributed by atoms with Crippen molar-refractivity contribution >= 4 is 0 Å². The Morgan fingerprint density at radius 2 is 2.11 bits per heavy atom. The van der Waals surface area contributed by atoms with Crippen molar-refractivity contribution in [3.8, 4) is 5.75 Å². The van der Waals surface area contributed by atoms with Crippen LogP contribution in [0.3, 0.4) is 0 Å². The van der Waals surface area contributed by atoms with E-state index in [4.69, 9.17) is 10.5 Å². The maximum Gasteiger partial charge on any atom is 0.123 e. The summed E-state index contributed by atoms with van der Waals surface area (Å²) in [6.07, 6.45) is 2.99. The van der Waals surface area contributed by atoms with Crippen LogP contribution in [0, 0.1) is 6.92 Å². The van der Waals surface area contributed by atoms with E-state index in [1.807, 2.05) is 13.0 Å². The maximum absolute atomic E-state index is 5.89. The zero-order valence-electron chi connectivity index (χ0n) is 11.9. The zero-order chi connectivity index (χ0) is 13.8. The molecular formula is C16H22N2O. The highest BCUT2D eigenvalue weighted by molar-refractivity contribution is 5.37. The highest BCUT2D eigenvalue weighted by atomic mass is 16.5. The fraction of sp³-hybridized carbons (Fsp3) is 0.375. The van der Waals surface area contributed by atoms with Gasteiger partial charge in [-0.25, -0.2) is 0 Å². The summed E-state index contributed by atoms with van der Waals surface area (Å²) < 4.78 is 7.67. The average molecular weight is 258 g/mol. The van der Waals surface area contributed by atoms with Gasteiger partial charge < -0.3 is 15.0 Å². The molecule has 0 aliphatic carbocycles. The summed E-state index contributed by atoms with van der Waals surface area (Å²) in [7, 11) is 1.71. The molecule has 3 nitrogen and oxygen atoms in total. The van der Waals surface area contributed by atoms with Gasteiger partial charge in [-0.05, 0) is 32.0 Å². The predicted molar refractivity (Wildman–Crippen MR) is 78.6 cm³/mol. The lowest BCUT2D eigenvalue weighted by Gasteiger charge is -2.14. The Hall–Kier alpha value is -1.74. The molecule has 1 aromatic carbocycles. The molecule has 0 radical (unpaired) electrons. The Kier molecular flexibility index (Phi) is 4.27. The zero-order valence-corrected chi connectivity index (χ0v) is 11.9. The number of rotatable bonds is 5. The number of nitrogens with zero attached hydrogens (tertiary/aromatic N) is 1. The van der Waals surface area contributed by atoms with Gasteiger partial charge in [0.2, 0.25) is 0 Å². The molecule has 0 fully saturated rings. The highest BCUT2D eigenvalue weighted by Gasteiger charge is 2.08. The Bertz CT molecular complexity index is 543. The minimum Gasteiger partial charge on any atom is -0.496 e. The van der Waals surface area contributed by atoms with Crippen LogP contribution in [-0.2, 0) is 13.0 Å². The molecule has 2 N–H and O–H groups in total. The molecule has 1 heterocycles. The van der Waals surface area contributed by atoms with E-state index in [0.29, 0.717) is 0 Å². The van der Waals surface area contributed by atoms with Gasteiger partial charge >= 0.3 is 0 Å². The molecule has 0 spiro atoms. The van der Waals surface area contributed by atoms with Crippen molar-refractivity contribution in [3.63, 3.8) is 0 Å². The number of nitrogens with two attached hydrogens (primary N) is 1. The van der Waals surface area contributed by atoms with Gasteiger partial charge in [0.15, 0.2) is 0 Å². The molecule has 1 unspecified atom stereocenters. The van der Waals surface area contributed by atoms with E-state index < -0.39 is 0 Å².